The van der Waals surface area contributed by atoms with E-state index in [-0.39, 0.29) is 30.2 Å². The van der Waals surface area contributed by atoms with Crippen molar-refractivity contribution in [2.75, 3.05) is 26.7 Å². The number of likely N-dealkylation sites (N-methyl/N-ethyl adjacent to an activating group) is 1. The summed E-state index contributed by atoms with van der Waals surface area (Å²) in [5, 5.41) is 2.79. The normalized spacial score (nSPS) is 12.7. The van der Waals surface area contributed by atoms with Gasteiger partial charge in [0.2, 0.25) is 11.8 Å². The number of nitrogens with zero attached hydrogens (tertiary/aromatic N) is 1. The van der Waals surface area contributed by atoms with E-state index >= 15 is 0 Å². The summed E-state index contributed by atoms with van der Waals surface area (Å²) in [7, 11) is 1.64. The molecule has 0 aromatic rings. The van der Waals surface area contributed by atoms with Gasteiger partial charge in [0.05, 0.1) is 12.5 Å². The van der Waals surface area contributed by atoms with Crippen molar-refractivity contribution in [3.8, 4) is 0 Å². The molecule has 0 aromatic carbocycles. The largest absolute Gasteiger partial charge is 0.354 e. The molecule has 0 bridgehead atoms. The van der Waals surface area contributed by atoms with Gasteiger partial charge in [0, 0.05) is 20.1 Å². The molecule has 0 heterocycles. The summed E-state index contributed by atoms with van der Waals surface area (Å²) in [5.74, 6) is 0.185. The summed E-state index contributed by atoms with van der Waals surface area (Å²) >= 11 is 0. The molecule has 0 saturated carbocycles. The predicted octanol–water partition coefficient (Wildman–Crippen LogP) is 0.448. The number of nitrogens with one attached hydrogen (secondary N) is 1. The van der Waals surface area contributed by atoms with Crippen LogP contribution in [0.4, 0.5) is 0 Å². The average molecular weight is 257 g/mol. The molecule has 106 valence electrons. The van der Waals surface area contributed by atoms with Crippen molar-refractivity contribution in [2.24, 2.45) is 23.5 Å². The number of hydrogen-bond acceptors (Lipinski definition) is 3. The van der Waals surface area contributed by atoms with Crippen molar-refractivity contribution in [3.63, 3.8) is 0 Å². The van der Waals surface area contributed by atoms with Crippen LogP contribution in [0.5, 0.6) is 0 Å². The van der Waals surface area contributed by atoms with Crippen molar-refractivity contribution in [1.82, 2.24) is 10.2 Å². The van der Waals surface area contributed by atoms with E-state index in [2.05, 4.69) is 5.32 Å². The maximum atomic E-state index is 12.1. The van der Waals surface area contributed by atoms with E-state index in [1.807, 2.05) is 27.7 Å². The first kappa shape index (κ1) is 16.9. The summed E-state index contributed by atoms with van der Waals surface area (Å²) < 4.78 is 0. The Morgan fingerprint density at radius 3 is 2.17 bits per heavy atom. The quantitative estimate of drug-likeness (QED) is 0.695. The third kappa shape index (κ3) is 6.00. The van der Waals surface area contributed by atoms with Crippen LogP contribution < -0.4 is 11.1 Å². The summed E-state index contributed by atoms with van der Waals surface area (Å²) in [4.78, 5) is 25.1. The zero-order chi connectivity index (χ0) is 14.3. The SMILES string of the molecule is CC(C)CNC(=O)CN(C)C(=O)C(CN)C(C)C. The van der Waals surface area contributed by atoms with E-state index in [0.717, 1.165) is 0 Å². The first-order chi connectivity index (χ1) is 8.29. The van der Waals surface area contributed by atoms with E-state index in [1.54, 1.807) is 7.05 Å². The summed E-state index contributed by atoms with van der Waals surface area (Å²) in [6.45, 7) is 9.01. The average Bonchev–Trinajstić information content (AvgIpc) is 2.26. The monoisotopic (exact) mass is 257 g/mol. The predicted molar refractivity (Wildman–Crippen MR) is 72.9 cm³/mol. The summed E-state index contributed by atoms with van der Waals surface area (Å²) in [5.41, 5.74) is 5.59. The molecule has 0 saturated heterocycles. The van der Waals surface area contributed by atoms with Gasteiger partial charge in [-0.2, -0.15) is 0 Å². The van der Waals surface area contributed by atoms with E-state index < -0.39 is 0 Å². The molecule has 3 N–H and O–H groups in total. The van der Waals surface area contributed by atoms with Crippen LogP contribution in [0.1, 0.15) is 27.7 Å². The van der Waals surface area contributed by atoms with Gasteiger partial charge in [0.25, 0.3) is 0 Å². The minimum absolute atomic E-state index is 0.0628. The van der Waals surface area contributed by atoms with Crippen LogP contribution in [0.25, 0.3) is 0 Å². The Labute approximate surface area is 110 Å². The van der Waals surface area contributed by atoms with Gasteiger partial charge in [-0.05, 0) is 11.8 Å². The van der Waals surface area contributed by atoms with Gasteiger partial charge in [-0.15, -0.1) is 0 Å². The maximum Gasteiger partial charge on any atom is 0.239 e. The molecule has 2 amide bonds. The van der Waals surface area contributed by atoms with Gasteiger partial charge in [-0.1, -0.05) is 27.7 Å². The molecule has 0 aliphatic rings. The molecule has 5 heteroatoms. The van der Waals surface area contributed by atoms with Gasteiger partial charge >= 0.3 is 0 Å². The highest BCUT2D eigenvalue weighted by Crippen LogP contribution is 2.11. The van der Waals surface area contributed by atoms with E-state index in [4.69, 9.17) is 5.73 Å². The fourth-order valence-corrected chi connectivity index (χ4v) is 1.61. The van der Waals surface area contributed by atoms with Crippen molar-refractivity contribution in [3.05, 3.63) is 0 Å². The molecule has 0 aliphatic heterocycles. The van der Waals surface area contributed by atoms with Crippen molar-refractivity contribution < 1.29 is 9.59 Å². The Morgan fingerprint density at radius 2 is 1.78 bits per heavy atom. The Hall–Kier alpha value is -1.10. The Bertz CT molecular complexity index is 277. The Balaban J connectivity index is 4.26. The molecule has 1 atom stereocenters. The lowest BCUT2D eigenvalue weighted by molar-refractivity contribution is -0.138. The molecule has 0 fully saturated rings. The second kappa shape index (κ2) is 8.08. The first-order valence-electron chi connectivity index (χ1n) is 6.51. The summed E-state index contributed by atoms with van der Waals surface area (Å²) in [6.07, 6.45) is 0. The second-order valence-electron chi connectivity index (χ2n) is 5.48. The molecular formula is C13H27N3O2. The second-order valence-corrected chi connectivity index (χ2v) is 5.48. The van der Waals surface area contributed by atoms with E-state index in [0.29, 0.717) is 19.0 Å². The van der Waals surface area contributed by atoms with Gasteiger partial charge in [0.15, 0.2) is 0 Å². The van der Waals surface area contributed by atoms with Crippen LogP contribution in [0.15, 0.2) is 0 Å². The number of nitrogens with two attached hydrogens (primary N) is 1. The molecule has 0 radical (unpaired) electrons. The van der Waals surface area contributed by atoms with Crippen LogP contribution in [0, 0.1) is 17.8 Å². The van der Waals surface area contributed by atoms with Gasteiger partial charge in [0.1, 0.15) is 0 Å². The lowest BCUT2D eigenvalue weighted by Gasteiger charge is -2.25. The van der Waals surface area contributed by atoms with Gasteiger partial charge in [-0.25, -0.2) is 0 Å². The van der Waals surface area contributed by atoms with E-state index in [9.17, 15) is 9.59 Å². The highest BCUT2D eigenvalue weighted by atomic mass is 16.2. The Morgan fingerprint density at radius 1 is 1.22 bits per heavy atom. The van der Waals surface area contributed by atoms with Crippen LogP contribution in [-0.4, -0.2) is 43.4 Å². The molecule has 0 spiro atoms. The van der Waals surface area contributed by atoms with Crippen LogP contribution in [-0.2, 0) is 9.59 Å². The van der Waals surface area contributed by atoms with Gasteiger partial charge in [-0.3, -0.25) is 9.59 Å². The highest BCUT2D eigenvalue weighted by molar-refractivity contribution is 5.85. The topological polar surface area (TPSA) is 75.4 Å². The van der Waals surface area contributed by atoms with Crippen LogP contribution >= 0.6 is 0 Å². The number of amides is 2. The standard InChI is InChI=1S/C13H27N3O2/c1-9(2)7-15-12(17)8-16(5)13(18)11(6-14)10(3)4/h9-11H,6-8,14H2,1-5H3,(H,15,17). The lowest BCUT2D eigenvalue weighted by atomic mass is 9.94. The number of carbonyl (C=O) groups is 2. The molecular weight excluding hydrogens is 230 g/mol. The van der Waals surface area contributed by atoms with Crippen molar-refractivity contribution in [2.45, 2.75) is 27.7 Å². The zero-order valence-corrected chi connectivity index (χ0v) is 12.2. The maximum absolute atomic E-state index is 12.1. The van der Waals surface area contributed by atoms with Crippen molar-refractivity contribution >= 4 is 11.8 Å². The highest BCUT2D eigenvalue weighted by Gasteiger charge is 2.24. The molecule has 5 nitrogen and oxygen atoms in total. The third-order valence-corrected chi connectivity index (χ3v) is 2.84. The minimum atomic E-state index is -0.215. The zero-order valence-electron chi connectivity index (χ0n) is 12.2. The molecule has 18 heavy (non-hydrogen) atoms. The minimum Gasteiger partial charge on any atom is -0.354 e. The fourth-order valence-electron chi connectivity index (χ4n) is 1.61. The lowest BCUT2D eigenvalue weighted by Crippen LogP contribution is -2.44. The van der Waals surface area contributed by atoms with Crippen molar-refractivity contribution in [1.29, 1.82) is 0 Å². The summed E-state index contributed by atoms with van der Waals surface area (Å²) in [6, 6.07) is 0. The van der Waals surface area contributed by atoms with Crippen LogP contribution in [0.2, 0.25) is 0 Å². The smallest absolute Gasteiger partial charge is 0.239 e. The third-order valence-electron chi connectivity index (χ3n) is 2.84. The molecule has 0 aliphatic carbocycles. The van der Waals surface area contributed by atoms with Crippen LogP contribution in [0.3, 0.4) is 0 Å². The number of hydrogen-bond donors (Lipinski definition) is 2. The Kier molecular flexibility index (Phi) is 7.59. The molecule has 1 unspecified atom stereocenters. The van der Waals surface area contributed by atoms with Gasteiger partial charge < -0.3 is 16.0 Å². The molecule has 0 rings (SSSR count). The first-order valence-corrected chi connectivity index (χ1v) is 6.51. The number of rotatable bonds is 7. The van der Waals surface area contributed by atoms with E-state index in [1.165, 1.54) is 4.90 Å². The molecule has 0 aromatic heterocycles. The number of carbonyl (C=O) groups excluding carboxylic acids is 2. The fraction of sp³-hybridized carbons (Fsp3) is 0.846.